The fourth-order valence-corrected chi connectivity index (χ4v) is 7.06. The standard InChI is InChI=1S/C34H36O7S/c1-39-31-23-22-29(24-32(31)40-2)42(37,38)33(26-18-20-28(21-19-26)41-27-15-9-5-10-16-27)30(34(35)36)17-11-4-8-14-25-12-6-3-7-13-25/h3,5-7,9-10,12-13,15-16,18-24,30,33H,4,8,11,14,17H2,1-2H3,(H,35,36). The summed E-state index contributed by atoms with van der Waals surface area (Å²) >= 11 is 0. The Kier molecular flexibility index (Phi) is 10.6. The van der Waals surface area contributed by atoms with E-state index in [9.17, 15) is 18.3 Å². The van der Waals surface area contributed by atoms with Crippen LogP contribution in [0, 0.1) is 5.92 Å². The summed E-state index contributed by atoms with van der Waals surface area (Å²) in [7, 11) is -1.28. The summed E-state index contributed by atoms with van der Waals surface area (Å²) in [6, 6.07) is 30.2. The van der Waals surface area contributed by atoms with Crippen molar-refractivity contribution < 1.29 is 32.5 Å². The highest BCUT2D eigenvalue weighted by Crippen LogP contribution is 2.41. The molecule has 42 heavy (non-hydrogen) atoms. The Morgan fingerprint density at radius 3 is 1.98 bits per heavy atom. The Labute approximate surface area is 247 Å². The Hall–Kier alpha value is -4.30. The number of aryl methyl sites for hydroxylation is 1. The van der Waals surface area contributed by atoms with Gasteiger partial charge in [0, 0.05) is 6.07 Å². The van der Waals surface area contributed by atoms with Crippen LogP contribution in [-0.4, -0.2) is 33.7 Å². The summed E-state index contributed by atoms with van der Waals surface area (Å²) in [4.78, 5) is 12.6. The van der Waals surface area contributed by atoms with Gasteiger partial charge >= 0.3 is 5.97 Å². The van der Waals surface area contributed by atoms with Crippen molar-refractivity contribution in [3.05, 3.63) is 114 Å². The van der Waals surface area contributed by atoms with Gasteiger partial charge in [-0.15, -0.1) is 0 Å². The molecule has 0 aliphatic rings. The van der Waals surface area contributed by atoms with Gasteiger partial charge < -0.3 is 19.3 Å². The van der Waals surface area contributed by atoms with Crippen LogP contribution in [0.15, 0.2) is 108 Å². The number of aliphatic carboxylic acids is 1. The SMILES string of the molecule is COc1ccc(S(=O)(=O)C(c2ccc(Oc3ccccc3)cc2)C(CCCCCc2ccccc2)C(=O)O)cc1OC. The number of hydrogen-bond donors (Lipinski definition) is 1. The van der Waals surface area contributed by atoms with E-state index in [4.69, 9.17) is 14.2 Å². The predicted octanol–water partition coefficient (Wildman–Crippen LogP) is 7.52. The van der Waals surface area contributed by atoms with Crippen LogP contribution in [0.1, 0.15) is 42.1 Å². The number of carbonyl (C=O) groups is 1. The third-order valence-electron chi connectivity index (χ3n) is 7.21. The first-order valence-corrected chi connectivity index (χ1v) is 15.4. The molecule has 0 aliphatic carbocycles. The van der Waals surface area contributed by atoms with E-state index in [1.165, 1.54) is 38.0 Å². The number of unbranched alkanes of at least 4 members (excludes halogenated alkanes) is 2. The molecule has 2 atom stereocenters. The molecule has 2 unspecified atom stereocenters. The second-order valence-corrected chi connectivity index (χ2v) is 12.1. The van der Waals surface area contributed by atoms with Crippen molar-refractivity contribution in [2.24, 2.45) is 5.92 Å². The van der Waals surface area contributed by atoms with Crippen molar-refractivity contribution >= 4 is 15.8 Å². The van der Waals surface area contributed by atoms with E-state index in [0.29, 0.717) is 29.2 Å². The van der Waals surface area contributed by atoms with Crippen molar-refractivity contribution in [1.82, 2.24) is 0 Å². The van der Waals surface area contributed by atoms with Gasteiger partial charge in [-0.05, 0) is 66.8 Å². The van der Waals surface area contributed by atoms with Gasteiger partial charge in [0.05, 0.1) is 25.0 Å². The lowest BCUT2D eigenvalue weighted by Gasteiger charge is -2.25. The van der Waals surface area contributed by atoms with E-state index in [0.717, 1.165) is 19.3 Å². The first-order chi connectivity index (χ1) is 20.3. The zero-order valence-corrected chi connectivity index (χ0v) is 24.6. The van der Waals surface area contributed by atoms with Gasteiger partial charge in [0.15, 0.2) is 21.3 Å². The molecule has 0 heterocycles. The second-order valence-electron chi connectivity index (χ2n) is 10.00. The van der Waals surface area contributed by atoms with Gasteiger partial charge in [-0.3, -0.25) is 4.79 Å². The maximum absolute atomic E-state index is 14.2. The molecule has 4 rings (SSSR count). The molecule has 0 aromatic heterocycles. The highest BCUT2D eigenvalue weighted by molar-refractivity contribution is 7.91. The molecule has 0 spiro atoms. The van der Waals surface area contributed by atoms with Crippen LogP contribution in [0.4, 0.5) is 0 Å². The highest BCUT2D eigenvalue weighted by atomic mass is 32.2. The molecule has 0 radical (unpaired) electrons. The van der Waals surface area contributed by atoms with Gasteiger partial charge in [0.25, 0.3) is 0 Å². The van der Waals surface area contributed by atoms with Crippen molar-refractivity contribution in [3.63, 3.8) is 0 Å². The fraction of sp³-hybridized carbons (Fsp3) is 0.265. The molecule has 4 aromatic carbocycles. The molecule has 220 valence electrons. The maximum atomic E-state index is 14.2. The highest BCUT2D eigenvalue weighted by Gasteiger charge is 2.40. The monoisotopic (exact) mass is 588 g/mol. The summed E-state index contributed by atoms with van der Waals surface area (Å²) in [5.41, 5.74) is 1.60. The summed E-state index contributed by atoms with van der Waals surface area (Å²) < 4.78 is 44.9. The Balaban J connectivity index is 1.62. The number of carboxylic acids is 1. The molecule has 1 N–H and O–H groups in total. The average molecular weight is 589 g/mol. The van der Waals surface area contributed by atoms with Crippen LogP contribution < -0.4 is 14.2 Å². The molecule has 0 aliphatic heterocycles. The van der Waals surface area contributed by atoms with Crippen molar-refractivity contribution in [2.45, 2.75) is 42.2 Å². The summed E-state index contributed by atoms with van der Waals surface area (Å²) in [6.07, 6.45) is 3.34. The van der Waals surface area contributed by atoms with Crippen molar-refractivity contribution in [2.75, 3.05) is 14.2 Å². The first kappa shape index (κ1) is 30.7. The van der Waals surface area contributed by atoms with E-state index in [1.807, 2.05) is 48.5 Å². The smallest absolute Gasteiger partial charge is 0.308 e. The normalized spacial score (nSPS) is 12.7. The molecule has 7 nitrogen and oxygen atoms in total. The van der Waals surface area contributed by atoms with Gasteiger partial charge in [-0.1, -0.05) is 73.5 Å². The molecule has 4 aromatic rings. The molecule has 8 heteroatoms. The topological polar surface area (TPSA) is 99.1 Å². The molecule has 0 saturated heterocycles. The van der Waals surface area contributed by atoms with Crippen LogP contribution in [0.25, 0.3) is 0 Å². The average Bonchev–Trinajstić information content (AvgIpc) is 3.01. The van der Waals surface area contributed by atoms with Gasteiger partial charge in [-0.25, -0.2) is 8.42 Å². The summed E-state index contributed by atoms with van der Waals surface area (Å²) in [6.45, 7) is 0. The third-order valence-corrected chi connectivity index (χ3v) is 9.39. The Bertz CT molecular complexity index is 1540. The number of carboxylic acid groups (broad SMARTS) is 1. The summed E-state index contributed by atoms with van der Waals surface area (Å²) in [5, 5.41) is 9.02. The number of methoxy groups -OCH3 is 2. The zero-order valence-electron chi connectivity index (χ0n) is 23.8. The fourth-order valence-electron chi connectivity index (χ4n) is 5.04. The number of para-hydroxylation sites is 1. The van der Waals surface area contributed by atoms with Crippen molar-refractivity contribution in [3.8, 4) is 23.0 Å². The van der Waals surface area contributed by atoms with Crippen molar-refractivity contribution in [1.29, 1.82) is 0 Å². The van der Waals surface area contributed by atoms with Crippen LogP contribution in [0.5, 0.6) is 23.0 Å². The van der Waals surface area contributed by atoms with E-state index in [1.54, 1.807) is 24.3 Å². The Morgan fingerprint density at radius 1 is 0.738 bits per heavy atom. The maximum Gasteiger partial charge on any atom is 0.308 e. The number of ether oxygens (including phenoxy) is 3. The zero-order chi connectivity index (χ0) is 30.0. The lowest BCUT2D eigenvalue weighted by molar-refractivity contribution is -0.142. The minimum absolute atomic E-state index is 0.0370. The van der Waals surface area contributed by atoms with Gasteiger partial charge in [0.1, 0.15) is 16.7 Å². The lowest BCUT2D eigenvalue weighted by atomic mass is 9.92. The second kappa shape index (κ2) is 14.5. The predicted molar refractivity (Wildman–Crippen MR) is 162 cm³/mol. The number of hydrogen-bond acceptors (Lipinski definition) is 6. The minimum Gasteiger partial charge on any atom is -0.493 e. The molecule has 0 bridgehead atoms. The molecular weight excluding hydrogens is 552 g/mol. The third kappa shape index (κ3) is 7.70. The minimum atomic E-state index is -4.17. The van der Waals surface area contributed by atoms with Crippen LogP contribution >= 0.6 is 0 Å². The van der Waals surface area contributed by atoms with Crippen LogP contribution in [-0.2, 0) is 21.1 Å². The van der Waals surface area contributed by atoms with Crippen LogP contribution in [0.2, 0.25) is 0 Å². The van der Waals surface area contributed by atoms with E-state index in [2.05, 4.69) is 12.1 Å². The molecule has 0 saturated carbocycles. The van der Waals surface area contributed by atoms with Crippen LogP contribution in [0.3, 0.4) is 0 Å². The first-order valence-electron chi connectivity index (χ1n) is 13.9. The van der Waals surface area contributed by atoms with E-state index < -0.39 is 27.0 Å². The molecule has 0 amide bonds. The van der Waals surface area contributed by atoms with Gasteiger partial charge in [-0.2, -0.15) is 0 Å². The lowest BCUT2D eigenvalue weighted by Crippen LogP contribution is -2.28. The number of sulfone groups is 1. The number of benzene rings is 4. The van der Waals surface area contributed by atoms with Gasteiger partial charge in [0.2, 0.25) is 0 Å². The number of rotatable bonds is 15. The largest absolute Gasteiger partial charge is 0.493 e. The van der Waals surface area contributed by atoms with E-state index >= 15 is 0 Å². The van der Waals surface area contributed by atoms with E-state index in [-0.39, 0.29) is 17.1 Å². The quantitative estimate of drug-likeness (QED) is 0.143. The molecule has 0 fully saturated rings. The Morgan fingerprint density at radius 2 is 1.36 bits per heavy atom. The molecular formula is C34H36O7S. The summed E-state index contributed by atoms with van der Waals surface area (Å²) in [5.74, 6) is -0.545.